The Morgan fingerprint density at radius 2 is 2.39 bits per heavy atom. The van der Waals surface area contributed by atoms with Gasteiger partial charge in [-0.2, -0.15) is 0 Å². The van der Waals surface area contributed by atoms with Crippen LogP contribution < -0.4 is 10.6 Å². The lowest BCUT2D eigenvalue weighted by Gasteiger charge is -2.09. The molecule has 0 fully saturated rings. The maximum absolute atomic E-state index is 10.9. The van der Waals surface area contributed by atoms with Crippen molar-refractivity contribution in [1.82, 2.24) is 5.32 Å². The number of fused-ring (bicyclic) bond motifs is 1. The number of rotatable bonds is 6. The van der Waals surface area contributed by atoms with E-state index in [1.165, 1.54) is 23.9 Å². The number of hydrogen-bond donors (Lipinski definition) is 2. The zero-order chi connectivity index (χ0) is 12.8. The molecule has 1 heterocycles. The Morgan fingerprint density at radius 3 is 3.22 bits per heavy atom. The monoisotopic (exact) mass is 248 g/mol. The molecule has 2 rings (SSSR count). The average molecular weight is 248 g/mol. The highest BCUT2D eigenvalue weighted by Crippen LogP contribution is 2.26. The smallest absolute Gasteiger partial charge is 0.305 e. The van der Waals surface area contributed by atoms with Crippen molar-refractivity contribution in [1.29, 1.82) is 0 Å². The SMILES string of the molecule is COC(=O)CCCNCc1cccc2c1NCC2. The van der Waals surface area contributed by atoms with Crippen molar-refractivity contribution in [2.75, 3.05) is 25.5 Å². The summed E-state index contributed by atoms with van der Waals surface area (Å²) in [6.45, 7) is 2.71. The van der Waals surface area contributed by atoms with Crippen LogP contribution >= 0.6 is 0 Å². The van der Waals surface area contributed by atoms with Gasteiger partial charge >= 0.3 is 5.97 Å². The minimum atomic E-state index is -0.140. The van der Waals surface area contributed by atoms with E-state index >= 15 is 0 Å². The molecular formula is C14H20N2O2. The molecule has 0 saturated heterocycles. The quantitative estimate of drug-likeness (QED) is 0.594. The third kappa shape index (κ3) is 3.23. The Labute approximate surface area is 108 Å². The van der Waals surface area contributed by atoms with Crippen molar-refractivity contribution in [3.05, 3.63) is 29.3 Å². The topological polar surface area (TPSA) is 50.4 Å². The average Bonchev–Trinajstić information content (AvgIpc) is 2.87. The fraction of sp³-hybridized carbons (Fsp3) is 0.500. The second-order valence-electron chi connectivity index (χ2n) is 4.48. The van der Waals surface area contributed by atoms with Crippen molar-refractivity contribution in [3.8, 4) is 0 Å². The Morgan fingerprint density at radius 1 is 1.50 bits per heavy atom. The number of carbonyl (C=O) groups is 1. The molecule has 0 bridgehead atoms. The molecule has 98 valence electrons. The molecule has 4 heteroatoms. The van der Waals surface area contributed by atoms with E-state index in [1.807, 2.05) is 0 Å². The summed E-state index contributed by atoms with van der Waals surface area (Å²) in [6, 6.07) is 6.43. The lowest BCUT2D eigenvalue weighted by Crippen LogP contribution is -2.16. The summed E-state index contributed by atoms with van der Waals surface area (Å²) in [5.74, 6) is -0.140. The normalized spacial score (nSPS) is 12.9. The minimum Gasteiger partial charge on any atom is -0.469 e. The van der Waals surface area contributed by atoms with E-state index in [2.05, 4.69) is 33.6 Å². The zero-order valence-corrected chi connectivity index (χ0v) is 10.8. The van der Waals surface area contributed by atoms with Crippen molar-refractivity contribution in [3.63, 3.8) is 0 Å². The maximum atomic E-state index is 10.9. The second kappa shape index (κ2) is 6.40. The fourth-order valence-corrected chi connectivity index (χ4v) is 2.24. The zero-order valence-electron chi connectivity index (χ0n) is 10.8. The molecule has 0 amide bonds. The molecule has 1 aliphatic heterocycles. The number of methoxy groups -OCH3 is 1. The van der Waals surface area contributed by atoms with E-state index in [-0.39, 0.29) is 5.97 Å². The molecule has 1 aliphatic rings. The Balaban J connectivity index is 1.74. The van der Waals surface area contributed by atoms with Crippen molar-refractivity contribution in [2.45, 2.75) is 25.8 Å². The van der Waals surface area contributed by atoms with Crippen LogP contribution in [0.15, 0.2) is 18.2 Å². The number of esters is 1. The molecule has 0 saturated carbocycles. The standard InChI is InChI=1S/C14H20N2O2/c1-18-13(17)6-3-8-15-10-12-5-2-4-11-7-9-16-14(11)12/h2,4-5,15-16H,3,6-10H2,1H3. The number of ether oxygens (including phenoxy) is 1. The molecule has 18 heavy (non-hydrogen) atoms. The van der Waals surface area contributed by atoms with Gasteiger partial charge in [-0.1, -0.05) is 18.2 Å². The molecular weight excluding hydrogens is 228 g/mol. The lowest BCUT2D eigenvalue weighted by atomic mass is 10.1. The van der Waals surface area contributed by atoms with Crippen LogP contribution in [-0.2, 0) is 22.5 Å². The van der Waals surface area contributed by atoms with E-state index in [4.69, 9.17) is 0 Å². The van der Waals surface area contributed by atoms with Gasteiger partial charge in [0.15, 0.2) is 0 Å². The molecule has 1 aromatic carbocycles. The molecule has 0 unspecified atom stereocenters. The first-order valence-electron chi connectivity index (χ1n) is 6.43. The summed E-state index contributed by atoms with van der Waals surface area (Å²) in [7, 11) is 1.43. The van der Waals surface area contributed by atoms with Crippen molar-refractivity contribution >= 4 is 11.7 Å². The van der Waals surface area contributed by atoms with Gasteiger partial charge in [0.2, 0.25) is 0 Å². The summed E-state index contributed by atoms with van der Waals surface area (Å²) in [5.41, 5.74) is 4.00. The van der Waals surface area contributed by atoms with E-state index < -0.39 is 0 Å². The fourth-order valence-electron chi connectivity index (χ4n) is 2.24. The molecule has 4 nitrogen and oxygen atoms in total. The Kier molecular flexibility index (Phi) is 4.59. The first-order chi connectivity index (χ1) is 8.81. The minimum absolute atomic E-state index is 0.140. The van der Waals surface area contributed by atoms with E-state index in [0.29, 0.717) is 6.42 Å². The van der Waals surface area contributed by atoms with Crippen LogP contribution in [0.5, 0.6) is 0 Å². The predicted molar refractivity (Wildman–Crippen MR) is 71.6 cm³/mol. The van der Waals surface area contributed by atoms with Gasteiger partial charge in [0.1, 0.15) is 0 Å². The first kappa shape index (κ1) is 12.9. The molecule has 2 N–H and O–H groups in total. The number of nitrogens with one attached hydrogen (secondary N) is 2. The highest BCUT2D eigenvalue weighted by molar-refractivity contribution is 5.69. The molecule has 0 radical (unpaired) electrons. The summed E-state index contributed by atoms with van der Waals surface area (Å²) < 4.78 is 4.60. The molecule has 1 aromatic rings. The number of carbonyl (C=O) groups excluding carboxylic acids is 1. The van der Waals surface area contributed by atoms with Gasteiger partial charge in [-0.25, -0.2) is 0 Å². The summed E-state index contributed by atoms with van der Waals surface area (Å²) in [5, 5.41) is 6.79. The van der Waals surface area contributed by atoms with Gasteiger partial charge in [0.05, 0.1) is 7.11 Å². The van der Waals surface area contributed by atoms with E-state index in [0.717, 1.165) is 32.5 Å². The van der Waals surface area contributed by atoms with Crippen LogP contribution in [0.1, 0.15) is 24.0 Å². The van der Waals surface area contributed by atoms with Crippen LogP contribution in [0.25, 0.3) is 0 Å². The van der Waals surface area contributed by atoms with E-state index in [9.17, 15) is 4.79 Å². The van der Waals surface area contributed by atoms with Gasteiger partial charge in [0.25, 0.3) is 0 Å². The Bertz CT molecular complexity index is 418. The maximum Gasteiger partial charge on any atom is 0.305 e. The van der Waals surface area contributed by atoms with Gasteiger partial charge in [-0.3, -0.25) is 4.79 Å². The highest BCUT2D eigenvalue weighted by Gasteiger charge is 2.12. The van der Waals surface area contributed by atoms with Gasteiger partial charge in [-0.05, 0) is 30.5 Å². The molecule has 0 atom stereocenters. The third-order valence-corrected chi connectivity index (χ3v) is 3.21. The van der Waals surface area contributed by atoms with Gasteiger partial charge in [0, 0.05) is 25.2 Å². The lowest BCUT2D eigenvalue weighted by molar-refractivity contribution is -0.140. The summed E-state index contributed by atoms with van der Waals surface area (Å²) >= 11 is 0. The van der Waals surface area contributed by atoms with Gasteiger partial charge in [-0.15, -0.1) is 0 Å². The van der Waals surface area contributed by atoms with Gasteiger partial charge < -0.3 is 15.4 Å². The summed E-state index contributed by atoms with van der Waals surface area (Å²) in [4.78, 5) is 10.9. The number of anilines is 1. The van der Waals surface area contributed by atoms with Crippen molar-refractivity contribution in [2.24, 2.45) is 0 Å². The second-order valence-corrected chi connectivity index (χ2v) is 4.48. The third-order valence-electron chi connectivity index (χ3n) is 3.21. The highest BCUT2D eigenvalue weighted by atomic mass is 16.5. The van der Waals surface area contributed by atoms with E-state index in [1.54, 1.807) is 0 Å². The molecule has 0 spiro atoms. The number of para-hydroxylation sites is 1. The summed E-state index contributed by atoms with van der Waals surface area (Å²) in [6.07, 6.45) is 2.41. The predicted octanol–water partition coefficient (Wildman–Crippen LogP) is 1.70. The number of hydrogen-bond acceptors (Lipinski definition) is 4. The largest absolute Gasteiger partial charge is 0.469 e. The molecule has 0 aromatic heterocycles. The van der Waals surface area contributed by atoms with Crippen LogP contribution in [0.2, 0.25) is 0 Å². The van der Waals surface area contributed by atoms with Crippen molar-refractivity contribution < 1.29 is 9.53 Å². The molecule has 0 aliphatic carbocycles. The van der Waals surface area contributed by atoms with Crippen LogP contribution in [0.3, 0.4) is 0 Å². The number of benzene rings is 1. The van der Waals surface area contributed by atoms with Crippen LogP contribution in [-0.4, -0.2) is 26.2 Å². The first-order valence-corrected chi connectivity index (χ1v) is 6.43. The van der Waals surface area contributed by atoms with Crippen LogP contribution in [0.4, 0.5) is 5.69 Å². The van der Waals surface area contributed by atoms with Crippen LogP contribution in [0, 0.1) is 0 Å². The Hall–Kier alpha value is -1.55.